The Balaban J connectivity index is 2.66. The summed E-state index contributed by atoms with van der Waals surface area (Å²) in [5.74, 6) is 1.50. The van der Waals surface area contributed by atoms with Crippen molar-refractivity contribution >= 4 is 28.6 Å². The first-order valence-electron chi connectivity index (χ1n) is 4.19. The van der Waals surface area contributed by atoms with Crippen LogP contribution in [0.2, 0.25) is 0 Å². The molecule has 0 aromatic heterocycles. The maximum absolute atomic E-state index is 11.3. The zero-order valence-corrected chi connectivity index (χ0v) is 9.92. The van der Waals surface area contributed by atoms with Gasteiger partial charge in [-0.25, -0.2) is 4.79 Å². The van der Waals surface area contributed by atoms with Gasteiger partial charge in [-0.05, 0) is 28.2 Å². The van der Waals surface area contributed by atoms with Crippen molar-refractivity contribution in [3.8, 4) is 12.3 Å². The second kappa shape index (κ2) is 5.73. The summed E-state index contributed by atoms with van der Waals surface area (Å²) in [7, 11) is 0. The highest BCUT2D eigenvalue weighted by Crippen LogP contribution is 2.15. The summed E-state index contributed by atoms with van der Waals surface area (Å²) in [6.45, 7) is 0. The van der Waals surface area contributed by atoms with Gasteiger partial charge in [-0.2, -0.15) is 0 Å². The summed E-state index contributed by atoms with van der Waals surface area (Å²) in [6, 6.07) is 8.54. The van der Waals surface area contributed by atoms with E-state index < -0.39 is 16.2 Å². The fraction of sp³-hybridized carbons (Fsp3) is 0.182. The Kier molecular flexibility index (Phi) is 4.59. The molecule has 0 aliphatic rings. The normalized spacial score (nSPS) is 13.7. The van der Waals surface area contributed by atoms with Crippen LogP contribution in [0.1, 0.15) is 11.7 Å². The van der Waals surface area contributed by atoms with Gasteiger partial charge in [-0.15, -0.1) is 6.42 Å². The molecule has 0 fully saturated rings. The summed E-state index contributed by atoms with van der Waals surface area (Å²) in [5.41, 5.74) is 0.489. The molecule has 4 heteroatoms. The van der Waals surface area contributed by atoms with E-state index in [1.165, 1.54) is 0 Å². The third-order valence-electron chi connectivity index (χ3n) is 1.69. The Bertz CT molecular complexity index is 369. The molecule has 0 aliphatic heterocycles. The highest BCUT2D eigenvalue weighted by atomic mass is 127. The molecule has 0 radical (unpaired) electrons. The molecular formula is C11H9IO3. The molecule has 0 saturated heterocycles. The van der Waals surface area contributed by atoms with Gasteiger partial charge in [-0.1, -0.05) is 36.3 Å². The molecule has 2 atom stereocenters. The van der Waals surface area contributed by atoms with Crippen molar-refractivity contribution < 1.29 is 14.6 Å². The number of rotatable bonds is 3. The number of esters is 1. The molecular weight excluding hydrogens is 307 g/mol. The van der Waals surface area contributed by atoms with Gasteiger partial charge in [0.2, 0.25) is 4.11 Å². The van der Waals surface area contributed by atoms with Crippen LogP contribution >= 0.6 is 22.6 Å². The van der Waals surface area contributed by atoms with E-state index in [1.807, 2.05) is 0 Å². The lowest BCUT2D eigenvalue weighted by atomic mass is 10.1. The second-order valence-corrected chi connectivity index (χ2v) is 3.86. The van der Waals surface area contributed by atoms with E-state index in [9.17, 15) is 9.90 Å². The fourth-order valence-electron chi connectivity index (χ4n) is 0.972. The zero-order chi connectivity index (χ0) is 11.3. The second-order valence-electron chi connectivity index (χ2n) is 2.73. The van der Waals surface area contributed by atoms with Crippen LogP contribution in [-0.4, -0.2) is 15.2 Å². The van der Waals surface area contributed by atoms with Crippen LogP contribution in [0.3, 0.4) is 0 Å². The summed E-state index contributed by atoms with van der Waals surface area (Å²) >= 11 is 1.78. The number of hydrogen-bond acceptors (Lipinski definition) is 3. The van der Waals surface area contributed by atoms with Crippen molar-refractivity contribution in [3.63, 3.8) is 0 Å². The minimum absolute atomic E-state index is 0.489. The molecule has 0 heterocycles. The van der Waals surface area contributed by atoms with Gasteiger partial charge in [0.1, 0.15) is 0 Å². The predicted octanol–water partition coefficient (Wildman–Crippen LogP) is 1.66. The smallest absolute Gasteiger partial charge is 0.341 e. The quantitative estimate of drug-likeness (QED) is 0.399. The van der Waals surface area contributed by atoms with Crippen LogP contribution in [0.4, 0.5) is 0 Å². The van der Waals surface area contributed by atoms with Crippen LogP contribution in [0.5, 0.6) is 0 Å². The van der Waals surface area contributed by atoms with Gasteiger partial charge >= 0.3 is 5.97 Å². The number of alkyl halides is 1. The number of halogens is 1. The number of aliphatic hydroxyl groups excluding tert-OH is 1. The summed E-state index contributed by atoms with van der Waals surface area (Å²) < 4.78 is 4.12. The number of aliphatic hydroxyl groups is 1. The van der Waals surface area contributed by atoms with E-state index >= 15 is 0 Å². The predicted molar refractivity (Wildman–Crippen MR) is 64.1 cm³/mol. The van der Waals surface area contributed by atoms with Crippen molar-refractivity contribution in [2.75, 3.05) is 0 Å². The van der Waals surface area contributed by atoms with Gasteiger partial charge in [0, 0.05) is 0 Å². The average molecular weight is 316 g/mol. The maximum atomic E-state index is 11.3. The Hall–Kier alpha value is -1.06. The van der Waals surface area contributed by atoms with E-state index in [2.05, 4.69) is 5.92 Å². The van der Waals surface area contributed by atoms with E-state index in [0.717, 1.165) is 0 Å². The lowest BCUT2D eigenvalue weighted by Gasteiger charge is -2.11. The molecule has 0 bridgehead atoms. The van der Waals surface area contributed by atoms with Crippen LogP contribution in [0.25, 0.3) is 0 Å². The number of benzene rings is 1. The van der Waals surface area contributed by atoms with Gasteiger partial charge in [0.25, 0.3) is 0 Å². The number of terminal acetylenes is 1. The first-order valence-corrected chi connectivity index (χ1v) is 5.43. The molecule has 3 nitrogen and oxygen atoms in total. The zero-order valence-electron chi connectivity index (χ0n) is 7.76. The lowest BCUT2D eigenvalue weighted by Crippen LogP contribution is -2.18. The highest BCUT2D eigenvalue weighted by molar-refractivity contribution is 14.1. The Morgan fingerprint density at radius 1 is 1.47 bits per heavy atom. The average Bonchev–Trinajstić information content (AvgIpc) is 2.29. The van der Waals surface area contributed by atoms with Crippen LogP contribution in [-0.2, 0) is 9.53 Å². The third kappa shape index (κ3) is 3.53. The summed E-state index contributed by atoms with van der Waals surface area (Å²) in [6.07, 6.45) is 3.76. The van der Waals surface area contributed by atoms with Crippen LogP contribution in [0, 0.1) is 12.3 Å². The summed E-state index contributed by atoms with van der Waals surface area (Å²) in [5, 5.41) is 9.59. The Labute approximate surface area is 102 Å². The molecule has 0 spiro atoms. The number of carbonyl (C=O) groups is 1. The van der Waals surface area contributed by atoms with Crippen molar-refractivity contribution in [2.24, 2.45) is 0 Å². The molecule has 1 rings (SSSR count). The molecule has 1 aromatic rings. The maximum Gasteiger partial charge on any atom is 0.341 e. The first kappa shape index (κ1) is 12.0. The molecule has 78 valence electrons. The first-order chi connectivity index (χ1) is 7.15. The number of carbonyl (C=O) groups excluding carboxylic acids is 1. The highest BCUT2D eigenvalue weighted by Gasteiger charge is 2.20. The van der Waals surface area contributed by atoms with E-state index in [1.54, 1.807) is 52.9 Å². The standard InChI is InChI=1S/C11H9IO3/c1-2-9(12)15-11(14)10(13)8-6-4-3-5-7-8/h1,3-7,9-10,13H. The lowest BCUT2D eigenvalue weighted by molar-refractivity contribution is -0.153. The summed E-state index contributed by atoms with van der Waals surface area (Å²) in [4.78, 5) is 11.3. The van der Waals surface area contributed by atoms with Crippen molar-refractivity contribution in [1.82, 2.24) is 0 Å². The van der Waals surface area contributed by atoms with Crippen molar-refractivity contribution in [2.45, 2.75) is 10.2 Å². The van der Waals surface area contributed by atoms with E-state index in [-0.39, 0.29) is 0 Å². The molecule has 0 amide bonds. The molecule has 0 saturated carbocycles. The minimum Gasteiger partial charge on any atom is -0.437 e. The molecule has 0 aliphatic carbocycles. The fourth-order valence-corrected chi connectivity index (χ4v) is 1.22. The van der Waals surface area contributed by atoms with Gasteiger partial charge in [0.15, 0.2) is 6.10 Å². The Morgan fingerprint density at radius 3 is 2.60 bits per heavy atom. The largest absolute Gasteiger partial charge is 0.437 e. The molecule has 15 heavy (non-hydrogen) atoms. The SMILES string of the molecule is C#CC(I)OC(=O)C(O)c1ccccc1. The number of ether oxygens (including phenoxy) is 1. The van der Waals surface area contributed by atoms with Crippen molar-refractivity contribution in [3.05, 3.63) is 35.9 Å². The van der Waals surface area contributed by atoms with Gasteiger partial charge in [-0.3, -0.25) is 0 Å². The number of hydrogen-bond donors (Lipinski definition) is 1. The minimum atomic E-state index is -1.28. The monoisotopic (exact) mass is 316 g/mol. The van der Waals surface area contributed by atoms with Crippen LogP contribution < -0.4 is 0 Å². The Morgan fingerprint density at radius 2 is 2.07 bits per heavy atom. The molecule has 1 N–H and O–H groups in total. The van der Waals surface area contributed by atoms with Gasteiger partial charge < -0.3 is 9.84 Å². The van der Waals surface area contributed by atoms with E-state index in [0.29, 0.717) is 5.56 Å². The van der Waals surface area contributed by atoms with E-state index in [4.69, 9.17) is 11.2 Å². The molecule has 1 aromatic carbocycles. The molecule has 2 unspecified atom stereocenters. The third-order valence-corrected chi connectivity index (χ3v) is 2.30. The topological polar surface area (TPSA) is 46.5 Å². The van der Waals surface area contributed by atoms with Gasteiger partial charge in [0.05, 0.1) is 0 Å². The van der Waals surface area contributed by atoms with Crippen LogP contribution in [0.15, 0.2) is 30.3 Å². The van der Waals surface area contributed by atoms with Crippen molar-refractivity contribution in [1.29, 1.82) is 0 Å².